The van der Waals surface area contributed by atoms with Crippen molar-refractivity contribution in [2.24, 2.45) is 5.92 Å². The lowest BCUT2D eigenvalue weighted by Crippen LogP contribution is -2.47. The zero-order chi connectivity index (χ0) is 26.6. The van der Waals surface area contributed by atoms with Crippen molar-refractivity contribution in [3.8, 4) is 0 Å². The van der Waals surface area contributed by atoms with Crippen molar-refractivity contribution in [1.82, 2.24) is 0 Å². The van der Waals surface area contributed by atoms with Crippen LogP contribution < -0.4 is 0 Å². The van der Waals surface area contributed by atoms with Gasteiger partial charge in [-0.15, -0.1) is 0 Å². The molecule has 0 aliphatic carbocycles. The standard InChI is InChI=1S/C27H43F5O3/c1-6-7-8-9-10-12-15-20(27(33,34-18(2)3)35-19(4)5)16-13-11-14-17-21-22(28)24(30)26(32)25(31)23(21)29/h18-20,33H,6-17H2,1-5H3. The fraction of sp³-hybridized carbons (Fsp3) is 0.778. The summed E-state index contributed by atoms with van der Waals surface area (Å²) in [6.07, 6.45) is 8.38. The number of hydrogen-bond donors (Lipinski definition) is 1. The van der Waals surface area contributed by atoms with Crippen molar-refractivity contribution >= 4 is 0 Å². The highest BCUT2D eigenvalue weighted by Crippen LogP contribution is 2.33. The van der Waals surface area contributed by atoms with Crippen LogP contribution in [0.3, 0.4) is 0 Å². The van der Waals surface area contributed by atoms with Crippen LogP contribution >= 0.6 is 0 Å². The van der Waals surface area contributed by atoms with Gasteiger partial charge in [0.15, 0.2) is 23.3 Å². The van der Waals surface area contributed by atoms with Crippen LogP contribution in [0.15, 0.2) is 0 Å². The molecule has 1 atom stereocenters. The predicted octanol–water partition coefficient (Wildman–Crippen LogP) is 8.35. The first-order valence-corrected chi connectivity index (χ1v) is 13.0. The summed E-state index contributed by atoms with van der Waals surface area (Å²) in [5.74, 6) is -11.6. The monoisotopic (exact) mass is 510 g/mol. The molecule has 0 aromatic heterocycles. The topological polar surface area (TPSA) is 38.7 Å². The molecule has 1 unspecified atom stereocenters. The molecular formula is C27H43F5O3. The van der Waals surface area contributed by atoms with Crippen LogP contribution in [0, 0.1) is 35.0 Å². The summed E-state index contributed by atoms with van der Waals surface area (Å²) >= 11 is 0. The molecule has 35 heavy (non-hydrogen) atoms. The molecule has 0 fully saturated rings. The molecule has 0 saturated carbocycles. The molecule has 0 aliphatic rings. The molecule has 0 saturated heterocycles. The van der Waals surface area contributed by atoms with Crippen LogP contribution in [-0.4, -0.2) is 23.3 Å². The number of halogens is 5. The largest absolute Gasteiger partial charge is 0.343 e. The third-order valence-electron chi connectivity index (χ3n) is 6.01. The van der Waals surface area contributed by atoms with Gasteiger partial charge >= 0.3 is 0 Å². The molecule has 0 spiro atoms. The van der Waals surface area contributed by atoms with E-state index in [4.69, 9.17) is 9.47 Å². The maximum absolute atomic E-state index is 13.9. The SMILES string of the molecule is CCCCCCCCC(CCCCCc1c(F)c(F)c(F)c(F)c1F)C(O)(OC(C)C)OC(C)C. The second-order valence-corrected chi connectivity index (χ2v) is 9.87. The molecule has 0 radical (unpaired) electrons. The Morgan fingerprint density at radius 1 is 0.629 bits per heavy atom. The van der Waals surface area contributed by atoms with Crippen LogP contribution in [0.5, 0.6) is 0 Å². The Hall–Kier alpha value is -1.25. The molecule has 1 aromatic carbocycles. The zero-order valence-corrected chi connectivity index (χ0v) is 21.9. The van der Waals surface area contributed by atoms with Crippen molar-refractivity contribution in [3.63, 3.8) is 0 Å². The fourth-order valence-electron chi connectivity index (χ4n) is 4.32. The average molecular weight is 511 g/mol. The Balaban J connectivity index is 2.77. The van der Waals surface area contributed by atoms with E-state index in [0.717, 1.165) is 25.7 Å². The van der Waals surface area contributed by atoms with E-state index < -0.39 is 40.6 Å². The minimum Gasteiger partial charge on any atom is -0.343 e. The quantitative estimate of drug-likeness (QED) is 0.0709. The Kier molecular flexibility index (Phi) is 14.3. The summed E-state index contributed by atoms with van der Waals surface area (Å²) < 4.78 is 79.5. The van der Waals surface area contributed by atoms with Gasteiger partial charge in [-0.25, -0.2) is 22.0 Å². The van der Waals surface area contributed by atoms with Crippen molar-refractivity contribution in [3.05, 3.63) is 34.6 Å². The number of rotatable bonds is 18. The van der Waals surface area contributed by atoms with Gasteiger partial charge in [-0.3, -0.25) is 0 Å². The summed E-state index contributed by atoms with van der Waals surface area (Å²) in [4.78, 5) is 0. The van der Waals surface area contributed by atoms with Crippen molar-refractivity contribution in [2.75, 3.05) is 0 Å². The highest BCUT2D eigenvalue weighted by Gasteiger charge is 2.40. The Morgan fingerprint density at radius 2 is 1.03 bits per heavy atom. The van der Waals surface area contributed by atoms with Crippen LogP contribution in [0.4, 0.5) is 22.0 Å². The van der Waals surface area contributed by atoms with E-state index in [1.807, 2.05) is 27.7 Å². The lowest BCUT2D eigenvalue weighted by Gasteiger charge is -2.38. The molecule has 0 bridgehead atoms. The van der Waals surface area contributed by atoms with Crippen LogP contribution in [0.2, 0.25) is 0 Å². The minimum absolute atomic E-state index is 0.247. The van der Waals surface area contributed by atoms with Gasteiger partial charge in [-0.1, -0.05) is 58.3 Å². The van der Waals surface area contributed by atoms with Crippen molar-refractivity contribution < 1.29 is 36.5 Å². The molecule has 0 heterocycles. The molecule has 0 amide bonds. The zero-order valence-electron chi connectivity index (χ0n) is 21.9. The second kappa shape index (κ2) is 15.8. The summed E-state index contributed by atoms with van der Waals surface area (Å²) in [7, 11) is 0. The Morgan fingerprint density at radius 3 is 1.49 bits per heavy atom. The maximum atomic E-state index is 13.9. The number of benzene rings is 1. The number of unbranched alkanes of at least 4 members (excludes halogenated alkanes) is 7. The molecule has 0 aliphatic heterocycles. The van der Waals surface area contributed by atoms with E-state index in [2.05, 4.69) is 6.92 Å². The van der Waals surface area contributed by atoms with Crippen LogP contribution in [0.25, 0.3) is 0 Å². The number of hydrogen-bond acceptors (Lipinski definition) is 3. The second-order valence-electron chi connectivity index (χ2n) is 9.87. The van der Waals surface area contributed by atoms with Crippen LogP contribution in [0.1, 0.15) is 111 Å². The first-order chi connectivity index (χ1) is 16.4. The summed E-state index contributed by atoms with van der Waals surface area (Å²) in [6.45, 7) is 9.44. The molecule has 3 nitrogen and oxygen atoms in total. The number of aliphatic hydroxyl groups is 1. The smallest absolute Gasteiger partial charge is 0.283 e. The molecule has 204 valence electrons. The lowest BCUT2D eigenvalue weighted by molar-refractivity contribution is -0.407. The highest BCUT2D eigenvalue weighted by molar-refractivity contribution is 5.24. The van der Waals surface area contributed by atoms with E-state index >= 15 is 0 Å². The predicted molar refractivity (Wildman–Crippen MR) is 127 cm³/mol. The first-order valence-electron chi connectivity index (χ1n) is 13.0. The van der Waals surface area contributed by atoms with Crippen molar-refractivity contribution in [2.45, 2.75) is 130 Å². The summed E-state index contributed by atoms with van der Waals surface area (Å²) in [5.41, 5.74) is -0.784. The normalized spacial score (nSPS) is 13.3. The summed E-state index contributed by atoms with van der Waals surface area (Å²) in [6, 6.07) is 0. The van der Waals surface area contributed by atoms with Gasteiger partial charge < -0.3 is 14.6 Å². The third-order valence-corrected chi connectivity index (χ3v) is 6.01. The summed E-state index contributed by atoms with van der Waals surface area (Å²) in [5, 5.41) is 11.3. The Labute approximate surface area is 207 Å². The highest BCUT2D eigenvalue weighted by atomic mass is 19.2. The van der Waals surface area contributed by atoms with Crippen LogP contribution in [-0.2, 0) is 15.9 Å². The molecule has 1 N–H and O–H groups in total. The van der Waals surface area contributed by atoms with Gasteiger partial charge in [0.2, 0.25) is 5.82 Å². The Bertz CT molecular complexity index is 716. The average Bonchev–Trinajstić information content (AvgIpc) is 2.77. The fourth-order valence-corrected chi connectivity index (χ4v) is 4.32. The van der Waals surface area contributed by atoms with E-state index in [9.17, 15) is 27.1 Å². The van der Waals surface area contributed by atoms with E-state index in [1.165, 1.54) is 12.8 Å². The van der Waals surface area contributed by atoms with Gasteiger partial charge in [-0.2, -0.15) is 0 Å². The number of ether oxygens (including phenoxy) is 2. The van der Waals surface area contributed by atoms with Gasteiger partial charge in [-0.05, 0) is 53.4 Å². The van der Waals surface area contributed by atoms with E-state index in [-0.39, 0.29) is 31.0 Å². The van der Waals surface area contributed by atoms with E-state index in [1.54, 1.807) is 0 Å². The molecule has 1 aromatic rings. The van der Waals surface area contributed by atoms with Gasteiger partial charge in [0.25, 0.3) is 5.97 Å². The molecule has 1 rings (SSSR count). The van der Waals surface area contributed by atoms with Crippen molar-refractivity contribution in [1.29, 1.82) is 0 Å². The van der Waals surface area contributed by atoms with E-state index in [0.29, 0.717) is 25.7 Å². The molecule has 8 heteroatoms. The van der Waals surface area contributed by atoms with Gasteiger partial charge in [0.05, 0.1) is 12.2 Å². The maximum Gasteiger partial charge on any atom is 0.283 e. The first kappa shape index (κ1) is 31.8. The minimum atomic E-state index is -2.14. The van der Waals surface area contributed by atoms with Gasteiger partial charge in [0, 0.05) is 11.5 Å². The lowest BCUT2D eigenvalue weighted by atomic mass is 9.91. The molecular weight excluding hydrogens is 467 g/mol. The third kappa shape index (κ3) is 10.3. The van der Waals surface area contributed by atoms with Gasteiger partial charge in [0.1, 0.15) is 0 Å².